The molecule has 1 saturated heterocycles. The van der Waals surface area contributed by atoms with Crippen molar-refractivity contribution in [3.63, 3.8) is 0 Å². The van der Waals surface area contributed by atoms with E-state index in [-0.39, 0.29) is 17.5 Å². The van der Waals surface area contributed by atoms with Gasteiger partial charge in [-0.2, -0.15) is 0 Å². The number of carbonyl (C=O) groups is 2. The molecule has 0 spiro atoms. The summed E-state index contributed by atoms with van der Waals surface area (Å²) in [4.78, 5) is 36.9. The summed E-state index contributed by atoms with van der Waals surface area (Å²) in [6.07, 6.45) is 4.40. The number of carbonyl (C=O) groups excluding carboxylic acids is 2. The maximum absolute atomic E-state index is 12.6. The van der Waals surface area contributed by atoms with Gasteiger partial charge in [0.25, 0.3) is 17.5 Å². The van der Waals surface area contributed by atoms with Gasteiger partial charge in [0.2, 0.25) is 0 Å². The van der Waals surface area contributed by atoms with Gasteiger partial charge < -0.3 is 10.2 Å². The van der Waals surface area contributed by atoms with Gasteiger partial charge in [0.15, 0.2) is 0 Å². The second-order valence-electron chi connectivity index (χ2n) is 6.54. The van der Waals surface area contributed by atoms with Crippen LogP contribution in [0, 0.1) is 10.1 Å². The van der Waals surface area contributed by atoms with E-state index in [0.29, 0.717) is 16.8 Å². The van der Waals surface area contributed by atoms with Gasteiger partial charge in [0, 0.05) is 42.0 Å². The molecule has 1 fully saturated rings. The van der Waals surface area contributed by atoms with Gasteiger partial charge in [0.1, 0.15) is 0 Å². The van der Waals surface area contributed by atoms with Crippen LogP contribution in [0.3, 0.4) is 0 Å². The summed E-state index contributed by atoms with van der Waals surface area (Å²) < 4.78 is 0. The number of nitrogens with zero attached hydrogens (tertiary/aromatic N) is 2. The first kappa shape index (κ1) is 18.6. The van der Waals surface area contributed by atoms with Crippen molar-refractivity contribution in [1.29, 1.82) is 0 Å². The third-order valence-electron chi connectivity index (χ3n) is 4.62. The van der Waals surface area contributed by atoms with Crippen LogP contribution in [0.1, 0.15) is 46.4 Å². The molecule has 7 nitrogen and oxygen atoms in total. The Morgan fingerprint density at radius 2 is 1.41 bits per heavy atom. The number of benzene rings is 2. The standard InChI is InChI=1S/C20H21N3O4/c24-19(15-7-11-18(12-8-15)23(26)27)21-17-9-5-16(6-10-17)20(25)22-13-3-1-2-4-14-22/h5-12H,1-4,13-14H2,(H,21,24). The second-order valence-corrected chi connectivity index (χ2v) is 6.54. The summed E-state index contributed by atoms with van der Waals surface area (Å²) in [5, 5.41) is 13.4. The average molecular weight is 367 g/mol. The minimum absolute atomic E-state index is 0.0187. The highest BCUT2D eigenvalue weighted by Gasteiger charge is 2.17. The summed E-state index contributed by atoms with van der Waals surface area (Å²) in [6.45, 7) is 1.58. The fourth-order valence-electron chi connectivity index (χ4n) is 3.09. The van der Waals surface area contributed by atoms with Crippen LogP contribution in [0.25, 0.3) is 0 Å². The third-order valence-corrected chi connectivity index (χ3v) is 4.62. The first-order valence-electron chi connectivity index (χ1n) is 9.00. The minimum Gasteiger partial charge on any atom is -0.339 e. The third kappa shape index (κ3) is 4.69. The number of hydrogen-bond donors (Lipinski definition) is 1. The van der Waals surface area contributed by atoms with Crippen LogP contribution in [0.5, 0.6) is 0 Å². The molecule has 1 N–H and O–H groups in total. The Hall–Kier alpha value is -3.22. The smallest absolute Gasteiger partial charge is 0.269 e. The molecule has 3 rings (SSSR count). The van der Waals surface area contributed by atoms with Crippen molar-refractivity contribution in [1.82, 2.24) is 4.90 Å². The molecule has 2 aromatic rings. The zero-order chi connectivity index (χ0) is 19.2. The van der Waals surface area contributed by atoms with Crippen molar-refractivity contribution in [3.8, 4) is 0 Å². The predicted octanol–water partition coefficient (Wildman–Crippen LogP) is 3.86. The molecule has 2 aromatic carbocycles. The number of non-ortho nitro benzene ring substituents is 1. The van der Waals surface area contributed by atoms with Crippen LogP contribution in [-0.2, 0) is 0 Å². The summed E-state index contributed by atoms with van der Waals surface area (Å²) in [5.41, 5.74) is 1.42. The van der Waals surface area contributed by atoms with Crippen molar-refractivity contribution in [3.05, 3.63) is 69.8 Å². The zero-order valence-electron chi connectivity index (χ0n) is 14.9. The molecule has 1 aliphatic rings. The van der Waals surface area contributed by atoms with Crippen LogP contribution in [-0.4, -0.2) is 34.7 Å². The van der Waals surface area contributed by atoms with Gasteiger partial charge in [0.05, 0.1) is 4.92 Å². The molecule has 0 saturated carbocycles. The molecule has 2 amide bonds. The molecule has 140 valence electrons. The first-order valence-corrected chi connectivity index (χ1v) is 9.00. The number of nitro groups is 1. The van der Waals surface area contributed by atoms with E-state index in [9.17, 15) is 19.7 Å². The summed E-state index contributed by atoms with van der Waals surface area (Å²) in [7, 11) is 0. The van der Waals surface area contributed by atoms with Gasteiger partial charge in [-0.15, -0.1) is 0 Å². The van der Waals surface area contributed by atoms with Crippen LogP contribution in [0.4, 0.5) is 11.4 Å². The van der Waals surface area contributed by atoms with E-state index in [2.05, 4.69) is 5.32 Å². The Bertz CT molecular complexity index is 823. The lowest BCUT2D eigenvalue weighted by Crippen LogP contribution is -2.31. The highest BCUT2D eigenvalue weighted by Crippen LogP contribution is 2.17. The molecule has 0 radical (unpaired) electrons. The summed E-state index contributed by atoms with van der Waals surface area (Å²) in [5.74, 6) is -0.346. The molecule has 0 bridgehead atoms. The monoisotopic (exact) mass is 367 g/mol. The number of nitrogens with one attached hydrogen (secondary N) is 1. The molecular weight excluding hydrogens is 346 g/mol. The Morgan fingerprint density at radius 1 is 0.852 bits per heavy atom. The first-order chi connectivity index (χ1) is 13.0. The predicted molar refractivity (Wildman–Crippen MR) is 102 cm³/mol. The quantitative estimate of drug-likeness (QED) is 0.656. The fraction of sp³-hybridized carbons (Fsp3) is 0.300. The fourth-order valence-corrected chi connectivity index (χ4v) is 3.09. The molecule has 0 unspecified atom stereocenters. The van der Waals surface area contributed by atoms with Gasteiger partial charge in [-0.05, 0) is 49.2 Å². The Morgan fingerprint density at radius 3 is 1.96 bits per heavy atom. The second kappa shape index (κ2) is 8.44. The lowest BCUT2D eigenvalue weighted by atomic mass is 10.1. The number of hydrogen-bond acceptors (Lipinski definition) is 4. The van der Waals surface area contributed by atoms with Gasteiger partial charge in [-0.25, -0.2) is 0 Å². The van der Waals surface area contributed by atoms with Crippen LogP contribution < -0.4 is 5.32 Å². The normalized spacial score (nSPS) is 14.3. The highest BCUT2D eigenvalue weighted by atomic mass is 16.6. The van der Waals surface area contributed by atoms with E-state index >= 15 is 0 Å². The van der Waals surface area contributed by atoms with Crippen molar-refractivity contribution in [2.24, 2.45) is 0 Å². The molecule has 0 aromatic heterocycles. The van der Waals surface area contributed by atoms with Gasteiger partial charge in [-0.3, -0.25) is 19.7 Å². The average Bonchev–Trinajstić information content (AvgIpc) is 2.97. The topological polar surface area (TPSA) is 92.6 Å². The Balaban J connectivity index is 1.63. The summed E-state index contributed by atoms with van der Waals surface area (Å²) >= 11 is 0. The molecule has 1 heterocycles. The molecule has 0 aliphatic carbocycles. The molecule has 27 heavy (non-hydrogen) atoms. The van der Waals surface area contributed by atoms with E-state index in [0.717, 1.165) is 38.8 Å². The van der Waals surface area contributed by atoms with Crippen molar-refractivity contribution in [2.75, 3.05) is 18.4 Å². The number of nitro benzene ring substituents is 1. The largest absolute Gasteiger partial charge is 0.339 e. The van der Waals surface area contributed by atoms with Crippen LogP contribution in [0.2, 0.25) is 0 Å². The van der Waals surface area contributed by atoms with Crippen LogP contribution in [0.15, 0.2) is 48.5 Å². The number of amides is 2. The van der Waals surface area contributed by atoms with Gasteiger partial charge in [-0.1, -0.05) is 12.8 Å². The maximum Gasteiger partial charge on any atom is 0.269 e. The number of likely N-dealkylation sites (tertiary alicyclic amines) is 1. The Labute approximate surface area is 157 Å². The van der Waals surface area contributed by atoms with Gasteiger partial charge >= 0.3 is 0 Å². The van der Waals surface area contributed by atoms with E-state index in [1.807, 2.05) is 4.90 Å². The van der Waals surface area contributed by atoms with Crippen molar-refractivity contribution < 1.29 is 14.5 Å². The zero-order valence-corrected chi connectivity index (χ0v) is 14.9. The lowest BCUT2D eigenvalue weighted by Gasteiger charge is -2.20. The molecule has 1 aliphatic heterocycles. The van der Waals surface area contributed by atoms with Crippen LogP contribution >= 0.6 is 0 Å². The SMILES string of the molecule is O=C(Nc1ccc(C(=O)N2CCCCCC2)cc1)c1ccc([N+](=O)[O-])cc1. The van der Waals surface area contributed by atoms with E-state index in [4.69, 9.17) is 0 Å². The minimum atomic E-state index is -0.512. The van der Waals surface area contributed by atoms with E-state index in [1.165, 1.54) is 24.3 Å². The van der Waals surface area contributed by atoms with E-state index < -0.39 is 4.92 Å². The Kier molecular flexibility index (Phi) is 5.80. The van der Waals surface area contributed by atoms with Crippen molar-refractivity contribution in [2.45, 2.75) is 25.7 Å². The number of anilines is 1. The molecule has 7 heteroatoms. The molecular formula is C20H21N3O4. The van der Waals surface area contributed by atoms with Crippen molar-refractivity contribution >= 4 is 23.2 Å². The maximum atomic E-state index is 12.6. The molecule has 0 atom stereocenters. The van der Waals surface area contributed by atoms with E-state index in [1.54, 1.807) is 24.3 Å². The summed E-state index contributed by atoms with van der Waals surface area (Å²) in [6, 6.07) is 12.2. The highest BCUT2D eigenvalue weighted by molar-refractivity contribution is 6.04. The lowest BCUT2D eigenvalue weighted by molar-refractivity contribution is -0.384. The number of rotatable bonds is 4.